The van der Waals surface area contributed by atoms with Crippen LogP contribution in [-0.2, 0) is 11.3 Å². The molecular weight excluding hydrogens is 443 g/mol. The molecule has 7 heteroatoms. The van der Waals surface area contributed by atoms with Crippen LogP contribution in [0.25, 0.3) is 0 Å². The Balaban J connectivity index is 0.00000243. The average molecular weight is 474 g/mol. The largest absolute Gasteiger partial charge is 0.381 e. The summed E-state index contributed by atoms with van der Waals surface area (Å²) in [4.78, 5) is 18.9. The zero-order valence-corrected chi connectivity index (χ0v) is 18.0. The Bertz CT molecular complexity index is 640. The second-order valence-electron chi connectivity index (χ2n) is 7.15. The first-order chi connectivity index (χ1) is 12.2. The predicted octanol–water partition coefficient (Wildman–Crippen LogP) is 2.32. The van der Waals surface area contributed by atoms with Crippen LogP contribution >= 0.6 is 24.0 Å². The minimum absolute atomic E-state index is 0. The Morgan fingerprint density at radius 1 is 1.35 bits per heavy atom. The van der Waals surface area contributed by atoms with Crippen LogP contribution in [0, 0.1) is 5.41 Å². The van der Waals surface area contributed by atoms with E-state index in [0.29, 0.717) is 5.41 Å². The van der Waals surface area contributed by atoms with E-state index in [1.165, 1.54) is 12.8 Å². The first-order valence-corrected chi connectivity index (χ1v) is 9.49. The van der Waals surface area contributed by atoms with Crippen molar-refractivity contribution in [3.63, 3.8) is 0 Å². The predicted molar refractivity (Wildman–Crippen MR) is 115 cm³/mol. The molecule has 0 aliphatic carbocycles. The normalized spacial score (nSPS) is 22.7. The van der Waals surface area contributed by atoms with Gasteiger partial charge in [0.2, 0.25) is 5.56 Å². The maximum absolute atomic E-state index is 11.7. The molecule has 1 aromatic rings. The molecule has 2 saturated heterocycles. The fourth-order valence-electron chi connectivity index (χ4n) is 3.74. The minimum atomic E-state index is 0. The highest BCUT2D eigenvalue weighted by Crippen LogP contribution is 2.38. The Labute approximate surface area is 173 Å². The lowest BCUT2D eigenvalue weighted by atomic mass is 9.87. The number of aryl methyl sites for hydroxylation is 1. The fraction of sp³-hybridized carbons (Fsp3) is 0.684. The van der Waals surface area contributed by atoms with Crippen molar-refractivity contribution in [2.75, 3.05) is 39.4 Å². The van der Waals surface area contributed by atoms with Gasteiger partial charge in [0, 0.05) is 57.0 Å². The number of pyridine rings is 1. The van der Waals surface area contributed by atoms with Gasteiger partial charge < -0.3 is 19.5 Å². The number of aliphatic imine (C=N–C) groups is 1. The lowest BCUT2D eigenvalue weighted by Gasteiger charge is -2.25. The van der Waals surface area contributed by atoms with E-state index in [2.05, 4.69) is 17.1 Å². The summed E-state index contributed by atoms with van der Waals surface area (Å²) in [6, 6.07) is 5.29. The van der Waals surface area contributed by atoms with Crippen LogP contribution in [0.5, 0.6) is 0 Å². The molecule has 2 aliphatic rings. The van der Waals surface area contributed by atoms with E-state index < -0.39 is 0 Å². The molecule has 6 nitrogen and oxygen atoms in total. The number of nitrogens with one attached hydrogen (secondary N) is 1. The maximum atomic E-state index is 11.7. The third-order valence-corrected chi connectivity index (χ3v) is 5.23. The molecule has 0 saturated carbocycles. The second-order valence-corrected chi connectivity index (χ2v) is 7.15. The second kappa shape index (κ2) is 10.3. The summed E-state index contributed by atoms with van der Waals surface area (Å²) in [5.74, 6) is 1.03. The van der Waals surface area contributed by atoms with Gasteiger partial charge in [-0.1, -0.05) is 6.07 Å². The van der Waals surface area contributed by atoms with Crippen molar-refractivity contribution in [1.82, 2.24) is 14.8 Å². The summed E-state index contributed by atoms with van der Waals surface area (Å²) in [7, 11) is 0. The van der Waals surface area contributed by atoms with Crippen LogP contribution in [0.1, 0.15) is 32.6 Å². The molecule has 1 spiro atoms. The van der Waals surface area contributed by atoms with Crippen LogP contribution in [-0.4, -0.2) is 54.8 Å². The monoisotopic (exact) mass is 474 g/mol. The van der Waals surface area contributed by atoms with E-state index in [4.69, 9.17) is 9.73 Å². The van der Waals surface area contributed by atoms with E-state index in [1.807, 2.05) is 12.3 Å². The lowest BCUT2D eigenvalue weighted by molar-refractivity contribution is 0.156. The van der Waals surface area contributed by atoms with Gasteiger partial charge in [-0.15, -0.1) is 24.0 Å². The Morgan fingerprint density at radius 2 is 2.23 bits per heavy atom. The highest BCUT2D eigenvalue weighted by Gasteiger charge is 2.42. The third-order valence-electron chi connectivity index (χ3n) is 5.23. The highest BCUT2D eigenvalue weighted by atomic mass is 127. The maximum Gasteiger partial charge on any atom is 0.250 e. The van der Waals surface area contributed by atoms with Gasteiger partial charge in [0.25, 0.3) is 0 Å². The van der Waals surface area contributed by atoms with Crippen molar-refractivity contribution < 1.29 is 4.74 Å². The average Bonchev–Trinajstić information content (AvgIpc) is 3.25. The Morgan fingerprint density at radius 3 is 2.96 bits per heavy atom. The quantitative estimate of drug-likeness (QED) is 0.298. The number of likely N-dealkylation sites (tertiary alicyclic amines) is 1. The molecule has 26 heavy (non-hydrogen) atoms. The highest BCUT2D eigenvalue weighted by molar-refractivity contribution is 14.0. The molecule has 2 fully saturated rings. The van der Waals surface area contributed by atoms with Crippen LogP contribution in [0.15, 0.2) is 34.2 Å². The topological polar surface area (TPSA) is 58.9 Å². The van der Waals surface area contributed by atoms with E-state index in [1.54, 1.807) is 16.7 Å². The molecule has 146 valence electrons. The number of hydrogen-bond donors (Lipinski definition) is 1. The molecule has 3 rings (SSSR count). The van der Waals surface area contributed by atoms with Crippen molar-refractivity contribution in [1.29, 1.82) is 0 Å². The van der Waals surface area contributed by atoms with Crippen molar-refractivity contribution >= 4 is 29.9 Å². The smallest absolute Gasteiger partial charge is 0.250 e. The Kier molecular flexibility index (Phi) is 8.40. The summed E-state index contributed by atoms with van der Waals surface area (Å²) < 4.78 is 7.38. The molecule has 0 aromatic carbocycles. The van der Waals surface area contributed by atoms with Crippen molar-refractivity contribution in [2.45, 2.75) is 39.2 Å². The van der Waals surface area contributed by atoms with E-state index in [-0.39, 0.29) is 29.5 Å². The molecule has 1 aromatic heterocycles. The number of unbranched alkanes of at least 4 members (excludes halogenated alkanes) is 1. The Hall–Kier alpha value is -1.09. The number of guanidine groups is 1. The number of hydrogen-bond acceptors (Lipinski definition) is 3. The molecule has 0 bridgehead atoms. The summed E-state index contributed by atoms with van der Waals surface area (Å²) >= 11 is 0. The molecule has 1 N–H and O–H groups in total. The number of aromatic nitrogens is 1. The number of rotatable bonds is 6. The first kappa shape index (κ1) is 21.2. The SMILES string of the molecule is CCNC(=NCCCCn1ccccc1=O)N1CCC2(CCOC2)C1.I. The van der Waals surface area contributed by atoms with Gasteiger partial charge in [-0.2, -0.15) is 0 Å². The van der Waals surface area contributed by atoms with Gasteiger partial charge in [0.05, 0.1) is 6.61 Å². The number of halogens is 1. The van der Waals surface area contributed by atoms with Crippen molar-refractivity contribution in [2.24, 2.45) is 10.4 Å². The zero-order valence-electron chi connectivity index (χ0n) is 15.7. The summed E-state index contributed by atoms with van der Waals surface area (Å²) in [6.07, 6.45) is 6.18. The molecule has 3 heterocycles. The van der Waals surface area contributed by atoms with Gasteiger partial charge in [-0.05, 0) is 38.7 Å². The van der Waals surface area contributed by atoms with Gasteiger partial charge in [-0.3, -0.25) is 9.79 Å². The van der Waals surface area contributed by atoms with Crippen molar-refractivity contribution in [3.05, 3.63) is 34.7 Å². The van der Waals surface area contributed by atoms with Crippen LogP contribution in [0.4, 0.5) is 0 Å². The first-order valence-electron chi connectivity index (χ1n) is 9.49. The lowest BCUT2D eigenvalue weighted by Crippen LogP contribution is -2.41. The summed E-state index contributed by atoms with van der Waals surface area (Å²) in [5, 5.41) is 3.43. The summed E-state index contributed by atoms with van der Waals surface area (Å²) in [6.45, 7) is 8.47. The van der Waals surface area contributed by atoms with Crippen LogP contribution in [0.3, 0.4) is 0 Å². The van der Waals surface area contributed by atoms with Gasteiger partial charge in [0.15, 0.2) is 5.96 Å². The molecular formula is C19H31IN4O2. The van der Waals surface area contributed by atoms with Gasteiger partial charge in [-0.25, -0.2) is 0 Å². The summed E-state index contributed by atoms with van der Waals surface area (Å²) in [5.41, 5.74) is 0.422. The molecule has 1 unspecified atom stereocenters. The fourth-order valence-corrected chi connectivity index (χ4v) is 3.74. The molecule has 1 atom stereocenters. The van der Waals surface area contributed by atoms with E-state index in [9.17, 15) is 4.79 Å². The van der Waals surface area contributed by atoms with Gasteiger partial charge >= 0.3 is 0 Å². The standard InChI is InChI=1S/C19H30N4O2.HI/c1-2-20-18(23-13-8-19(15-23)9-14-25-16-19)21-10-4-6-12-22-11-5-3-7-17(22)24;/h3,5,7,11H,2,4,6,8-10,12-16H2,1H3,(H,20,21);1H. The van der Waals surface area contributed by atoms with E-state index in [0.717, 1.165) is 64.7 Å². The van der Waals surface area contributed by atoms with Gasteiger partial charge in [0.1, 0.15) is 0 Å². The van der Waals surface area contributed by atoms with Crippen molar-refractivity contribution in [3.8, 4) is 0 Å². The van der Waals surface area contributed by atoms with Crippen LogP contribution < -0.4 is 10.9 Å². The molecule has 0 radical (unpaired) electrons. The minimum Gasteiger partial charge on any atom is -0.381 e. The zero-order chi connectivity index (χ0) is 17.5. The third kappa shape index (κ3) is 5.45. The number of nitrogens with zero attached hydrogens (tertiary/aromatic N) is 3. The van der Waals surface area contributed by atoms with E-state index >= 15 is 0 Å². The molecule has 0 amide bonds. The number of ether oxygens (including phenoxy) is 1. The molecule has 2 aliphatic heterocycles. The van der Waals surface area contributed by atoms with Crippen LogP contribution in [0.2, 0.25) is 0 Å².